The summed E-state index contributed by atoms with van der Waals surface area (Å²) in [5.74, 6) is 0.547. The van der Waals surface area contributed by atoms with Crippen molar-refractivity contribution in [3.63, 3.8) is 0 Å². The van der Waals surface area contributed by atoms with Crippen molar-refractivity contribution in [1.29, 1.82) is 5.26 Å². The molecule has 1 aliphatic rings. The van der Waals surface area contributed by atoms with Crippen molar-refractivity contribution in [1.82, 2.24) is 29.0 Å². The second kappa shape index (κ2) is 6.82. The van der Waals surface area contributed by atoms with Crippen LogP contribution in [0.4, 0.5) is 10.9 Å². The van der Waals surface area contributed by atoms with E-state index in [2.05, 4.69) is 35.7 Å². The van der Waals surface area contributed by atoms with E-state index in [1.54, 1.807) is 0 Å². The fourth-order valence-corrected chi connectivity index (χ4v) is 3.58. The molecule has 3 aromatic heterocycles. The Morgan fingerprint density at radius 2 is 2.19 bits per heavy atom. The normalized spacial score (nSPS) is 14.8. The van der Waals surface area contributed by atoms with Crippen LogP contribution in [-0.2, 0) is 0 Å². The van der Waals surface area contributed by atoms with E-state index >= 15 is 0 Å². The molecule has 0 bridgehead atoms. The maximum atomic E-state index is 8.74. The third-order valence-corrected chi connectivity index (χ3v) is 5.11. The number of hydrogen-bond acceptors (Lipinski definition) is 8. The first-order valence-electron chi connectivity index (χ1n) is 8.30. The van der Waals surface area contributed by atoms with Gasteiger partial charge in [-0.2, -0.15) is 14.7 Å². The average Bonchev–Trinajstić information content (AvgIpc) is 3.21. The van der Waals surface area contributed by atoms with Crippen molar-refractivity contribution >= 4 is 22.5 Å². The van der Waals surface area contributed by atoms with Crippen LogP contribution in [0, 0.1) is 25.2 Å². The first-order chi connectivity index (χ1) is 12.6. The highest BCUT2D eigenvalue weighted by Gasteiger charge is 2.28. The molecule has 1 N–H and O–H groups in total. The van der Waals surface area contributed by atoms with Gasteiger partial charge in [-0.25, -0.2) is 9.97 Å². The van der Waals surface area contributed by atoms with Crippen LogP contribution in [0.2, 0.25) is 0 Å². The Kier molecular flexibility index (Phi) is 4.36. The minimum absolute atomic E-state index is 0.317. The Labute approximate surface area is 155 Å². The molecular formula is C17H18N8S. The molecule has 4 rings (SSSR count). The third kappa shape index (κ3) is 3.29. The second-order valence-corrected chi connectivity index (χ2v) is 7.20. The number of hydrogen-bond donors (Lipinski definition) is 1. The predicted molar refractivity (Wildman–Crippen MR) is 99.2 cm³/mol. The van der Waals surface area contributed by atoms with Crippen molar-refractivity contribution < 1.29 is 0 Å². The van der Waals surface area contributed by atoms with Crippen molar-refractivity contribution in [2.24, 2.45) is 0 Å². The first kappa shape index (κ1) is 16.6. The Hall–Kier alpha value is -2.83. The zero-order chi connectivity index (χ0) is 18.1. The highest BCUT2D eigenvalue weighted by molar-refractivity contribution is 7.10. The molecule has 0 atom stereocenters. The van der Waals surface area contributed by atoms with Gasteiger partial charge in [0.05, 0.1) is 36.2 Å². The van der Waals surface area contributed by atoms with Crippen LogP contribution in [0.1, 0.15) is 17.3 Å². The van der Waals surface area contributed by atoms with E-state index in [4.69, 9.17) is 5.26 Å². The van der Waals surface area contributed by atoms with E-state index in [1.807, 2.05) is 43.2 Å². The molecule has 1 saturated heterocycles. The van der Waals surface area contributed by atoms with E-state index in [9.17, 15) is 0 Å². The van der Waals surface area contributed by atoms with Gasteiger partial charge >= 0.3 is 0 Å². The maximum Gasteiger partial charge on any atom is 0.228 e. The highest BCUT2D eigenvalue weighted by Crippen LogP contribution is 2.27. The van der Waals surface area contributed by atoms with Crippen LogP contribution in [-0.4, -0.2) is 48.7 Å². The van der Waals surface area contributed by atoms with Gasteiger partial charge in [-0.3, -0.25) is 9.58 Å². The van der Waals surface area contributed by atoms with Crippen LogP contribution in [0.25, 0.3) is 11.3 Å². The lowest BCUT2D eigenvalue weighted by Gasteiger charge is -2.37. The lowest BCUT2D eigenvalue weighted by Crippen LogP contribution is -2.47. The van der Waals surface area contributed by atoms with Crippen molar-refractivity contribution in [2.45, 2.75) is 19.9 Å². The minimum Gasteiger partial charge on any atom is -0.314 e. The Bertz CT molecular complexity index is 963. The molecule has 1 aliphatic heterocycles. The van der Waals surface area contributed by atoms with Crippen LogP contribution in [0.15, 0.2) is 24.7 Å². The summed E-state index contributed by atoms with van der Waals surface area (Å²) in [5.41, 5.74) is 3.79. The number of nitrogens with zero attached hydrogens (tertiary/aromatic N) is 7. The van der Waals surface area contributed by atoms with Crippen molar-refractivity contribution in [2.75, 3.05) is 25.0 Å². The molecule has 0 unspecified atom stereocenters. The third-order valence-electron chi connectivity index (χ3n) is 4.32. The van der Waals surface area contributed by atoms with E-state index in [0.717, 1.165) is 40.6 Å². The van der Waals surface area contributed by atoms with Gasteiger partial charge < -0.3 is 5.32 Å². The Balaban J connectivity index is 1.52. The van der Waals surface area contributed by atoms with Gasteiger partial charge in [0.1, 0.15) is 5.00 Å². The lowest BCUT2D eigenvalue weighted by atomic mass is 10.1. The molecule has 132 valence electrons. The van der Waals surface area contributed by atoms with Crippen LogP contribution >= 0.6 is 11.5 Å². The van der Waals surface area contributed by atoms with Gasteiger partial charge in [0.15, 0.2) is 0 Å². The quantitative estimate of drug-likeness (QED) is 0.693. The van der Waals surface area contributed by atoms with E-state index < -0.39 is 0 Å². The number of aromatic nitrogens is 5. The zero-order valence-corrected chi connectivity index (χ0v) is 15.4. The fraction of sp³-hybridized carbons (Fsp3) is 0.353. The summed E-state index contributed by atoms with van der Waals surface area (Å²) >= 11 is 1.39. The monoisotopic (exact) mass is 366 g/mol. The van der Waals surface area contributed by atoms with Gasteiger partial charge in [-0.05, 0) is 37.0 Å². The molecule has 4 heterocycles. The second-order valence-electron chi connectivity index (χ2n) is 6.40. The zero-order valence-electron chi connectivity index (χ0n) is 14.5. The van der Waals surface area contributed by atoms with E-state index in [1.165, 1.54) is 11.5 Å². The number of anilines is 2. The molecule has 26 heavy (non-hydrogen) atoms. The summed E-state index contributed by atoms with van der Waals surface area (Å²) < 4.78 is 6.22. The summed E-state index contributed by atoms with van der Waals surface area (Å²) in [6.07, 6.45) is 5.67. The molecular weight excluding hydrogens is 348 g/mol. The van der Waals surface area contributed by atoms with Crippen molar-refractivity contribution in [3.05, 3.63) is 35.9 Å². The fourth-order valence-electron chi connectivity index (χ4n) is 2.93. The molecule has 0 aliphatic carbocycles. The molecule has 0 radical (unpaired) electrons. The molecule has 9 heteroatoms. The Morgan fingerprint density at radius 1 is 1.35 bits per heavy atom. The Morgan fingerprint density at radius 3 is 2.92 bits per heavy atom. The standard InChI is InChI=1S/C17H18N8S/c1-11-6-19-17(21-15-5-12(2)23-26-15)22-16(11)13-7-20-25(8-13)14-9-24(10-14)4-3-18/h5-8,14H,4,9-10H2,1-2H3,(H,19,21,22). The van der Waals surface area contributed by atoms with Crippen LogP contribution in [0.5, 0.6) is 0 Å². The van der Waals surface area contributed by atoms with E-state index in [0.29, 0.717) is 18.5 Å². The SMILES string of the molecule is Cc1cc(Nc2ncc(C)c(-c3cnn(C4CN(CC#N)C4)c3)n2)sn1. The molecule has 0 spiro atoms. The van der Waals surface area contributed by atoms with Gasteiger partial charge in [0, 0.05) is 31.0 Å². The number of likely N-dealkylation sites (tertiary alicyclic amines) is 1. The molecule has 0 saturated carbocycles. The number of nitriles is 1. The summed E-state index contributed by atoms with van der Waals surface area (Å²) in [5, 5.41) is 17.3. The topological polar surface area (TPSA) is 95.6 Å². The first-order valence-corrected chi connectivity index (χ1v) is 9.07. The van der Waals surface area contributed by atoms with Crippen LogP contribution < -0.4 is 5.32 Å². The van der Waals surface area contributed by atoms with Gasteiger partial charge in [-0.1, -0.05) is 0 Å². The molecule has 1 fully saturated rings. The lowest BCUT2D eigenvalue weighted by molar-refractivity contribution is 0.115. The summed E-state index contributed by atoms with van der Waals surface area (Å²) in [4.78, 5) is 11.1. The number of rotatable bonds is 5. The van der Waals surface area contributed by atoms with Gasteiger partial charge in [-0.15, -0.1) is 0 Å². The van der Waals surface area contributed by atoms with E-state index in [-0.39, 0.29) is 0 Å². The molecule has 0 aromatic carbocycles. The number of aryl methyl sites for hydroxylation is 2. The van der Waals surface area contributed by atoms with Gasteiger partial charge in [0.25, 0.3) is 0 Å². The van der Waals surface area contributed by atoms with Crippen molar-refractivity contribution in [3.8, 4) is 17.3 Å². The summed E-state index contributed by atoms with van der Waals surface area (Å²) in [7, 11) is 0. The smallest absolute Gasteiger partial charge is 0.228 e. The average molecular weight is 366 g/mol. The largest absolute Gasteiger partial charge is 0.314 e. The maximum absolute atomic E-state index is 8.74. The summed E-state index contributed by atoms with van der Waals surface area (Å²) in [6.45, 7) is 6.13. The minimum atomic E-state index is 0.317. The molecule has 8 nitrogen and oxygen atoms in total. The number of nitrogens with one attached hydrogen (secondary N) is 1. The van der Waals surface area contributed by atoms with Gasteiger partial charge in [0.2, 0.25) is 5.95 Å². The highest BCUT2D eigenvalue weighted by atomic mass is 32.1. The molecule has 0 amide bonds. The predicted octanol–water partition coefficient (Wildman–Crippen LogP) is 2.54. The summed E-state index contributed by atoms with van der Waals surface area (Å²) in [6, 6.07) is 4.46. The van der Waals surface area contributed by atoms with Crippen LogP contribution in [0.3, 0.4) is 0 Å². The molecule has 3 aromatic rings.